The second kappa shape index (κ2) is 6.96. The highest BCUT2D eigenvalue weighted by molar-refractivity contribution is 5.96. The summed E-state index contributed by atoms with van der Waals surface area (Å²) in [6, 6.07) is 15.3. The highest BCUT2D eigenvalue weighted by Crippen LogP contribution is 2.28. The highest BCUT2D eigenvalue weighted by atomic mass is 16.6. The number of benzene rings is 2. The van der Waals surface area contributed by atoms with Crippen molar-refractivity contribution in [2.75, 3.05) is 6.61 Å². The van der Waals surface area contributed by atoms with Gasteiger partial charge in [-0.3, -0.25) is 10.1 Å². The van der Waals surface area contributed by atoms with E-state index in [-0.39, 0.29) is 12.3 Å². The summed E-state index contributed by atoms with van der Waals surface area (Å²) in [5.74, 6) is -0.463. The van der Waals surface area contributed by atoms with Crippen LogP contribution in [0.2, 0.25) is 0 Å². The number of rotatable bonds is 5. The number of non-ortho nitro benzene ring substituents is 1. The van der Waals surface area contributed by atoms with Crippen molar-refractivity contribution in [2.45, 2.75) is 6.92 Å². The van der Waals surface area contributed by atoms with Crippen molar-refractivity contribution >= 4 is 11.7 Å². The minimum absolute atomic E-state index is 0.0113. The number of ether oxygens (including phenoxy) is 1. The van der Waals surface area contributed by atoms with Gasteiger partial charge in [0.25, 0.3) is 5.69 Å². The third-order valence-electron chi connectivity index (χ3n) is 3.62. The SMILES string of the molecule is CCOC(=O)c1cnn(-c2ccc([N+](=O)[O-])cc2)c1-c1ccccc1. The summed E-state index contributed by atoms with van der Waals surface area (Å²) in [4.78, 5) is 22.6. The molecule has 0 bridgehead atoms. The molecule has 0 aliphatic rings. The minimum Gasteiger partial charge on any atom is -0.462 e. The minimum atomic E-state index is -0.463. The fourth-order valence-corrected chi connectivity index (χ4v) is 2.49. The Labute approximate surface area is 143 Å². The molecular weight excluding hydrogens is 322 g/mol. The average Bonchev–Trinajstić information content (AvgIpc) is 3.08. The normalized spacial score (nSPS) is 10.4. The van der Waals surface area contributed by atoms with Gasteiger partial charge in [0.05, 0.1) is 29.1 Å². The molecule has 0 amide bonds. The molecule has 126 valence electrons. The van der Waals surface area contributed by atoms with Crippen molar-refractivity contribution in [1.29, 1.82) is 0 Å². The predicted octanol–water partition coefficient (Wildman–Crippen LogP) is 3.62. The highest BCUT2D eigenvalue weighted by Gasteiger charge is 2.21. The first-order valence-electron chi connectivity index (χ1n) is 7.67. The lowest BCUT2D eigenvalue weighted by Crippen LogP contribution is -2.07. The quantitative estimate of drug-likeness (QED) is 0.403. The number of nitro benzene ring substituents is 1. The van der Waals surface area contributed by atoms with Crippen LogP contribution in [0.15, 0.2) is 60.8 Å². The monoisotopic (exact) mass is 337 g/mol. The molecule has 0 saturated carbocycles. The number of nitrogens with zero attached hydrogens (tertiary/aromatic N) is 3. The summed E-state index contributed by atoms with van der Waals surface area (Å²) in [6.07, 6.45) is 1.45. The first-order valence-corrected chi connectivity index (χ1v) is 7.67. The molecule has 0 unspecified atom stereocenters. The van der Waals surface area contributed by atoms with E-state index in [1.54, 1.807) is 23.7 Å². The van der Waals surface area contributed by atoms with Crippen molar-refractivity contribution < 1.29 is 14.5 Å². The summed E-state index contributed by atoms with van der Waals surface area (Å²) in [5.41, 5.74) is 2.31. The van der Waals surface area contributed by atoms with Crippen molar-refractivity contribution in [2.24, 2.45) is 0 Å². The Morgan fingerprint density at radius 1 is 1.16 bits per heavy atom. The van der Waals surface area contributed by atoms with E-state index in [2.05, 4.69) is 5.10 Å². The van der Waals surface area contributed by atoms with Gasteiger partial charge in [-0.1, -0.05) is 30.3 Å². The zero-order valence-corrected chi connectivity index (χ0v) is 13.5. The first kappa shape index (κ1) is 16.4. The molecule has 25 heavy (non-hydrogen) atoms. The van der Waals surface area contributed by atoms with E-state index < -0.39 is 10.9 Å². The number of carbonyl (C=O) groups excluding carboxylic acids is 1. The summed E-state index contributed by atoms with van der Waals surface area (Å²) in [7, 11) is 0. The number of aromatic nitrogens is 2. The molecule has 0 N–H and O–H groups in total. The Hall–Kier alpha value is -3.48. The van der Waals surface area contributed by atoms with E-state index in [0.717, 1.165) is 5.56 Å². The molecule has 0 fully saturated rings. The van der Waals surface area contributed by atoms with E-state index in [0.29, 0.717) is 16.9 Å². The number of hydrogen-bond donors (Lipinski definition) is 0. The smallest absolute Gasteiger partial charge is 0.342 e. The molecule has 0 aliphatic heterocycles. The summed E-state index contributed by atoms with van der Waals surface area (Å²) >= 11 is 0. The lowest BCUT2D eigenvalue weighted by Gasteiger charge is -2.10. The molecule has 1 heterocycles. The largest absolute Gasteiger partial charge is 0.462 e. The molecule has 1 aromatic heterocycles. The molecule has 0 spiro atoms. The van der Waals surface area contributed by atoms with Crippen molar-refractivity contribution in [3.05, 3.63) is 76.5 Å². The third-order valence-corrected chi connectivity index (χ3v) is 3.62. The number of esters is 1. The Morgan fingerprint density at radius 3 is 2.44 bits per heavy atom. The van der Waals surface area contributed by atoms with Gasteiger partial charge in [0.1, 0.15) is 5.56 Å². The summed E-state index contributed by atoms with van der Waals surface area (Å²) in [6.45, 7) is 2.00. The fraction of sp³-hybridized carbons (Fsp3) is 0.111. The molecule has 2 aromatic carbocycles. The molecular formula is C18H15N3O4. The molecule has 7 nitrogen and oxygen atoms in total. The van der Waals surface area contributed by atoms with Crippen LogP contribution in [0.1, 0.15) is 17.3 Å². The van der Waals surface area contributed by atoms with Gasteiger partial charge in [-0.05, 0) is 19.1 Å². The molecule has 0 saturated heterocycles. The Bertz CT molecular complexity index is 902. The van der Waals surface area contributed by atoms with Gasteiger partial charge >= 0.3 is 5.97 Å². The topological polar surface area (TPSA) is 87.3 Å². The zero-order chi connectivity index (χ0) is 17.8. The molecule has 0 aliphatic carbocycles. The van der Waals surface area contributed by atoms with Crippen LogP contribution in [0.25, 0.3) is 16.9 Å². The van der Waals surface area contributed by atoms with Crippen LogP contribution in [0.4, 0.5) is 5.69 Å². The van der Waals surface area contributed by atoms with Crippen LogP contribution in [-0.2, 0) is 4.74 Å². The van der Waals surface area contributed by atoms with E-state index >= 15 is 0 Å². The maximum absolute atomic E-state index is 12.3. The van der Waals surface area contributed by atoms with Crippen molar-refractivity contribution in [1.82, 2.24) is 9.78 Å². The number of nitro groups is 1. The van der Waals surface area contributed by atoms with Crippen molar-refractivity contribution in [3.8, 4) is 16.9 Å². The lowest BCUT2D eigenvalue weighted by molar-refractivity contribution is -0.384. The van der Waals surface area contributed by atoms with Crippen LogP contribution < -0.4 is 0 Å². The zero-order valence-electron chi connectivity index (χ0n) is 13.5. The van der Waals surface area contributed by atoms with Gasteiger partial charge in [0, 0.05) is 17.7 Å². The third kappa shape index (κ3) is 3.25. The summed E-state index contributed by atoms with van der Waals surface area (Å²) in [5, 5.41) is 15.1. The summed E-state index contributed by atoms with van der Waals surface area (Å²) < 4.78 is 6.68. The van der Waals surface area contributed by atoms with Gasteiger partial charge in [0.2, 0.25) is 0 Å². The van der Waals surface area contributed by atoms with Crippen molar-refractivity contribution in [3.63, 3.8) is 0 Å². The predicted molar refractivity (Wildman–Crippen MR) is 91.6 cm³/mol. The van der Waals surface area contributed by atoms with Gasteiger partial charge in [0.15, 0.2) is 0 Å². The Balaban J connectivity index is 2.13. The molecule has 0 atom stereocenters. The van der Waals surface area contributed by atoms with Gasteiger partial charge < -0.3 is 4.74 Å². The maximum Gasteiger partial charge on any atom is 0.342 e. The second-order valence-corrected chi connectivity index (χ2v) is 5.18. The van der Waals surface area contributed by atoms with Crippen LogP contribution in [0, 0.1) is 10.1 Å². The van der Waals surface area contributed by atoms with Crippen LogP contribution in [0.5, 0.6) is 0 Å². The van der Waals surface area contributed by atoms with Gasteiger partial charge in [-0.15, -0.1) is 0 Å². The van der Waals surface area contributed by atoms with Gasteiger partial charge in [-0.25, -0.2) is 9.48 Å². The van der Waals surface area contributed by atoms with Crippen LogP contribution in [0.3, 0.4) is 0 Å². The molecule has 3 aromatic rings. The average molecular weight is 337 g/mol. The van der Waals surface area contributed by atoms with E-state index in [9.17, 15) is 14.9 Å². The van der Waals surface area contributed by atoms with Crippen LogP contribution >= 0.6 is 0 Å². The maximum atomic E-state index is 12.3. The fourth-order valence-electron chi connectivity index (χ4n) is 2.49. The van der Waals surface area contributed by atoms with E-state index in [1.165, 1.54) is 18.3 Å². The lowest BCUT2D eigenvalue weighted by atomic mass is 10.1. The number of hydrogen-bond acceptors (Lipinski definition) is 5. The van der Waals surface area contributed by atoms with Crippen LogP contribution in [-0.4, -0.2) is 27.3 Å². The standard InChI is InChI=1S/C18H15N3O4/c1-2-25-18(22)16-12-19-20(17(16)13-6-4-3-5-7-13)14-8-10-15(11-9-14)21(23)24/h3-12H,2H2,1H3. The number of carbonyl (C=O) groups is 1. The second-order valence-electron chi connectivity index (χ2n) is 5.18. The Morgan fingerprint density at radius 2 is 1.84 bits per heavy atom. The first-order chi connectivity index (χ1) is 12.1. The Kier molecular flexibility index (Phi) is 4.56. The van der Waals surface area contributed by atoms with E-state index in [1.807, 2.05) is 30.3 Å². The molecule has 3 rings (SSSR count). The van der Waals surface area contributed by atoms with Gasteiger partial charge in [-0.2, -0.15) is 5.10 Å². The molecule has 0 radical (unpaired) electrons. The van der Waals surface area contributed by atoms with E-state index in [4.69, 9.17) is 4.74 Å². The molecule has 7 heteroatoms.